The van der Waals surface area contributed by atoms with Crippen molar-refractivity contribution in [3.8, 4) is 0 Å². The van der Waals surface area contributed by atoms with Gasteiger partial charge in [0.1, 0.15) is 5.82 Å². The van der Waals surface area contributed by atoms with Crippen LogP contribution in [-0.4, -0.2) is 0 Å². The van der Waals surface area contributed by atoms with E-state index in [0.29, 0.717) is 5.56 Å². The van der Waals surface area contributed by atoms with Gasteiger partial charge in [-0.2, -0.15) is 0 Å². The van der Waals surface area contributed by atoms with E-state index in [1.807, 2.05) is 24.3 Å². The second kappa shape index (κ2) is 5.90. The van der Waals surface area contributed by atoms with E-state index in [1.54, 1.807) is 6.07 Å². The summed E-state index contributed by atoms with van der Waals surface area (Å²) < 4.78 is 15.1. The van der Waals surface area contributed by atoms with Gasteiger partial charge in [-0.15, -0.1) is 0 Å². The van der Waals surface area contributed by atoms with Gasteiger partial charge in [-0.1, -0.05) is 59.1 Å². The Hall–Kier alpha value is -1.19. The maximum Gasteiger partial charge on any atom is 0.128 e. The average Bonchev–Trinajstić information content (AvgIpc) is 3.01. The van der Waals surface area contributed by atoms with Crippen LogP contribution in [0.1, 0.15) is 42.9 Å². The normalized spacial score (nSPS) is 18.6. The molecule has 0 saturated heterocycles. The minimum absolute atomic E-state index is 0.150. The SMILES string of the molecule is NC(c1cc(Br)ccc1F)C1(c2ccccc2)CCCC1. The molecule has 1 fully saturated rings. The summed E-state index contributed by atoms with van der Waals surface area (Å²) in [6.45, 7) is 0. The summed E-state index contributed by atoms with van der Waals surface area (Å²) in [5, 5.41) is 0. The summed E-state index contributed by atoms with van der Waals surface area (Å²) in [4.78, 5) is 0. The van der Waals surface area contributed by atoms with Gasteiger partial charge in [0.05, 0.1) is 0 Å². The van der Waals surface area contributed by atoms with Crippen molar-refractivity contribution in [1.82, 2.24) is 0 Å². The van der Waals surface area contributed by atoms with Crippen molar-refractivity contribution >= 4 is 15.9 Å². The van der Waals surface area contributed by atoms with Gasteiger partial charge in [-0.3, -0.25) is 0 Å². The zero-order chi connectivity index (χ0) is 14.9. The molecule has 3 rings (SSSR count). The molecular formula is C18H19BrFN. The van der Waals surface area contributed by atoms with Crippen LogP contribution in [0.4, 0.5) is 4.39 Å². The number of nitrogens with two attached hydrogens (primary N) is 1. The van der Waals surface area contributed by atoms with E-state index in [0.717, 1.165) is 30.2 Å². The largest absolute Gasteiger partial charge is 0.323 e. The smallest absolute Gasteiger partial charge is 0.128 e. The maximum atomic E-state index is 14.3. The van der Waals surface area contributed by atoms with Crippen molar-refractivity contribution in [3.05, 3.63) is 69.9 Å². The summed E-state index contributed by atoms with van der Waals surface area (Å²) in [6.07, 6.45) is 4.34. The molecule has 1 aliphatic rings. The van der Waals surface area contributed by atoms with Crippen LogP contribution < -0.4 is 5.73 Å². The van der Waals surface area contributed by atoms with Crippen LogP contribution in [0.3, 0.4) is 0 Å². The number of halogens is 2. The monoisotopic (exact) mass is 347 g/mol. The predicted molar refractivity (Wildman–Crippen MR) is 87.6 cm³/mol. The minimum Gasteiger partial charge on any atom is -0.323 e. The third-order valence-corrected chi connectivity index (χ3v) is 5.23. The van der Waals surface area contributed by atoms with Crippen molar-refractivity contribution in [2.24, 2.45) is 5.73 Å². The lowest BCUT2D eigenvalue weighted by Gasteiger charge is -2.36. The Morgan fingerprint density at radius 3 is 2.38 bits per heavy atom. The Morgan fingerprint density at radius 2 is 1.71 bits per heavy atom. The number of benzene rings is 2. The Morgan fingerprint density at radius 1 is 1.05 bits per heavy atom. The first-order chi connectivity index (χ1) is 10.1. The molecule has 0 radical (unpaired) electrons. The van der Waals surface area contributed by atoms with Crippen molar-refractivity contribution in [1.29, 1.82) is 0 Å². The molecule has 1 nitrogen and oxygen atoms in total. The second-order valence-electron chi connectivity index (χ2n) is 5.87. The van der Waals surface area contributed by atoms with Crippen LogP contribution in [0.5, 0.6) is 0 Å². The van der Waals surface area contributed by atoms with Gasteiger partial charge in [-0.05, 0) is 36.6 Å². The van der Waals surface area contributed by atoms with Gasteiger partial charge in [0.2, 0.25) is 0 Å². The molecule has 0 amide bonds. The zero-order valence-electron chi connectivity index (χ0n) is 11.9. The summed E-state index contributed by atoms with van der Waals surface area (Å²) in [7, 11) is 0. The van der Waals surface area contributed by atoms with Crippen LogP contribution in [0, 0.1) is 5.82 Å². The number of hydrogen-bond donors (Lipinski definition) is 1. The van der Waals surface area contributed by atoms with E-state index in [-0.39, 0.29) is 17.3 Å². The molecule has 1 saturated carbocycles. The lowest BCUT2D eigenvalue weighted by Crippen LogP contribution is -2.37. The quantitative estimate of drug-likeness (QED) is 0.821. The molecule has 0 spiro atoms. The van der Waals surface area contributed by atoms with E-state index in [4.69, 9.17) is 5.73 Å². The second-order valence-corrected chi connectivity index (χ2v) is 6.79. The molecule has 3 heteroatoms. The van der Waals surface area contributed by atoms with Crippen LogP contribution in [-0.2, 0) is 5.41 Å². The predicted octanol–water partition coefficient (Wildman–Crippen LogP) is 5.10. The summed E-state index contributed by atoms with van der Waals surface area (Å²) in [6, 6.07) is 15.1. The fourth-order valence-electron chi connectivity index (χ4n) is 3.61. The van der Waals surface area contributed by atoms with Crippen molar-refractivity contribution < 1.29 is 4.39 Å². The van der Waals surface area contributed by atoms with Crippen molar-refractivity contribution in [2.75, 3.05) is 0 Å². The first kappa shape index (κ1) is 14.7. The molecule has 0 aliphatic heterocycles. The molecule has 1 aliphatic carbocycles. The first-order valence-electron chi connectivity index (χ1n) is 7.39. The topological polar surface area (TPSA) is 26.0 Å². The summed E-state index contributed by atoms with van der Waals surface area (Å²) >= 11 is 3.42. The van der Waals surface area contributed by atoms with E-state index in [9.17, 15) is 4.39 Å². The summed E-state index contributed by atoms with van der Waals surface area (Å²) in [5.41, 5.74) is 8.26. The Labute approximate surface area is 133 Å². The Balaban J connectivity index is 2.07. The molecule has 21 heavy (non-hydrogen) atoms. The van der Waals surface area contributed by atoms with Crippen LogP contribution in [0.15, 0.2) is 53.0 Å². The number of hydrogen-bond acceptors (Lipinski definition) is 1. The van der Waals surface area contributed by atoms with E-state index in [2.05, 4.69) is 28.1 Å². The standard InChI is InChI=1S/C18H19BrFN/c19-14-8-9-16(20)15(12-14)17(21)18(10-4-5-11-18)13-6-2-1-3-7-13/h1-3,6-9,12,17H,4-5,10-11,21H2. The fourth-order valence-corrected chi connectivity index (χ4v) is 3.98. The highest BCUT2D eigenvalue weighted by molar-refractivity contribution is 9.10. The molecule has 2 aromatic rings. The van der Waals surface area contributed by atoms with Crippen LogP contribution >= 0.6 is 15.9 Å². The van der Waals surface area contributed by atoms with Gasteiger partial charge in [0, 0.05) is 21.5 Å². The van der Waals surface area contributed by atoms with E-state index in [1.165, 1.54) is 11.6 Å². The highest BCUT2D eigenvalue weighted by atomic mass is 79.9. The Bertz CT molecular complexity index is 620. The van der Waals surface area contributed by atoms with Gasteiger partial charge in [0.15, 0.2) is 0 Å². The molecule has 2 N–H and O–H groups in total. The number of rotatable bonds is 3. The summed E-state index contributed by atoms with van der Waals surface area (Å²) in [5.74, 6) is -0.215. The minimum atomic E-state index is -0.320. The maximum absolute atomic E-state index is 14.3. The molecule has 1 unspecified atom stereocenters. The van der Waals surface area contributed by atoms with Crippen LogP contribution in [0.25, 0.3) is 0 Å². The average molecular weight is 348 g/mol. The van der Waals surface area contributed by atoms with Gasteiger partial charge >= 0.3 is 0 Å². The lowest BCUT2D eigenvalue weighted by atomic mass is 9.70. The van der Waals surface area contributed by atoms with E-state index >= 15 is 0 Å². The molecule has 0 heterocycles. The van der Waals surface area contributed by atoms with Crippen LogP contribution in [0.2, 0.25) is 0 Å². The molecule has 2 aromatic carbocycles. The van der Waals surface area contributed by atoms with Gasteiger partial charge in [0.25, 0.3) is 0 Å². The van der Waals surface area contributed by atoms with Crippen molar-refractivity contribution in [3.63, 3.8) is 0 Å². The third-order valence-electron chi connectivity index (χ3n) is 4.73. The Kier molecular flexibility index (Phi) is 4.14. The van der Waals surface area contributed by atoms with Gasteiger partial charge < -0.3 is 5.73 Å². The molecular weight excluding hydrogens is 329 g/mol. The third kappa shape index (κ3) is 2.65. The van der Waals surface area contributed by atoms with Gasteiger partial charge in [-0.25, -0.2) is 4.39 Å². The molecule has 0 bridgehead atoms. The molecule has 110 valence electrons. The highest BCUT2D eigenvalue weighted by Crippen LogP contribution is 2.49. The molecule has 0 aromatic heterocycles. The van der Waals surface area contributed by atoms with E-state index < -0.39 is 0 Å². The highest BCUT2D eigenvalue weighted by Gasteiger charge is 2.42. The zero-order valence-corrected chi connectivity index (χ0v) is 13.4. The first-order valence-corrected chi connectivity index (χ1v) is 8.19. The fraction of sp³-hybridized carbons (Fsp3) is 0.333. The van der Waals surface area contributed by atoms with Crippen molar-refractivity contribution in [2.45, 2.75) is 37.1 Å². The molecule has 1 atom stereocenters. The lowest BCUT2D eigenvalue weighted by molar-refractivity contribution is 0.348.